The highest BCUT2D eigenvalue weighted by Crippen LogP contribution is 2.31. The number of nitrogen functional groups attached to an aromatic ring is 1. The summed E-state index contributed by atoms with van der Waals surface area (Å²) in [6, 6.07) is 8.71. The molecule has 1 unspecified atom stereocenters. The molecular formula is C19H23N7. The Hall–Kier alpha value is -2.83. The van der Waals surface area contributed by atoms with Crippen LogP contribution in [0.1, 0.15) is 37.3 Å². The van der Waals surface area contributed by atoms with E-state index in [1.54, 1.807) is 0 Å². The normalized spacial score (nSPS) is 20.5. The quantitative estimate of drug-likeness (QED) is 0.753. The molecule has 1 saturated heterocycles. The molecule has 1 saturated carbocycles. The van der Waals surface area contributed by atoms with E-state index >= 15 is 0 Å². The van der Waals surface area contributed by atoms with Gasteiger partial charge < -0.3 is 20.4 Å². The number of fused-ring (bicyclic) bond motifs is 1. The molecular weight excluding hydrogens is 326 g/mol. The van der Waals surface area contributed by atoms with E-state index in [0.29, 0.717) is 17.9 Å². The van der Waals surface area contributed by atoms with Crippen LogP contribution < -0.4 is 16.0 Å². The zero-order valence-corrected chi connectivity index (χ0v) is 14.7. The maximum atomic E-state index is 5.96. The summed E-state index contributed by atoms with van der Waals surface area (Å²) in [5.41, 5.74) is 8.23. The van der Waals surface area contributed by atoms with E-state index in [4.69, 9.17) is 5.73 Å². The largest absolute Gasteiger partial charge is 0.368 e. The summed E-state index contributed by atoms with van der Waals surface area (Å²) in [7, 11) is 0. The van der Waals surface area contributed by atoms with Crippen molar-refractivity contribution in [2.24, 2.45) is 0 Å². The van der Waals surface area contributed by atoms with Crippen molar-refractivity contribution in [1.82, 2.24) is 19.4 Å². The summed E-state index contributed by atoms with van der Waals surface area (Å²) in [6.07, 6.45) is 8.81. The predicted molar refractivity (Wildman–Crippen MR) is 102 cm³/mol. The molecule has 0 spiro atoms. The maximum absolute atomic E-state index is 5.96. The second kappa shape index (κ2) is 6.16. The van der Waals surface area contributed by atoms with Gasteiger partial charge in [0.2, 0.25) is 5.95 Å². The molecule has 1 atom stereocenters. The average Bonchev–Trinajstić information content (AvgIpc) is 3.36. The van der Waals surface area contributed by atoms with Crippen molar-refractivity contribution in [3.05, 3.63) is 42.4 Å². The molecule has 4 heterocycles. The first-order valence-corrected chi connectivity index (χ1v) is 9.34. The molecule has 3 aromatic heterocycles. The molecule has 0 radical (unpaired) electrons. The minimum atomic E-state index is 0.336. The Bertz CT molecular complexity index is 931. The average molecular weight is 349 g/mol. The Morgan fingerprint density at radius 2 is 2.08 bits per heavy atom. The van der Waals surface area contributed by atoms with Crippen LogP contribution in [-0.2, 0) is 0 Å². The SMILES string of the molecule is Nc1nc(NC2CC2)cc(N2CCCC(c3cnc4ccccn34)C2)n1. The van der Waals surface area contributed by atoms with Crippen LogP contribution in [0, 0.1) is 0 Å². The highest BCUT2D eigenvalue weighted by Gasteiger charge is 2.26. The van der Waals surface area contributed by atoms with Crippen molar-refractivity contribution in [2.45, 2.75) is 37.6 Å². The van der Waals surface area contributed by atoms with Gasteiger partial charge in [-0.2, -0.15) is 9.97 Å². The number of imidazole rings is 1. The molecule has 3 aromatic rings. The standard InChI is InChI=1S/C19H23N7/c20-19-23-16(22-14-6-7-14)10-18(24-19)25-8-3-4-13(12-25)15-11-21-17-5-1-2-9-26(15)17/h1-2,5,9-11,13-14H,3-4,6-8,12H2,(H3,20,22,23,24). The summed E-state index contributed by atoms with van der Waals surface area (Å²) in [5.74, 6) is 2.52. The van der Waals surface area contributed by atoms with Crippen molar-refractivity contribution >= 4 is 23.2 Å². The Morgan fingerprint density at radius 3 is 2.96 bits per heavy atom. The number of anilines is 3. The van der Waals surface area contributed by atoms with Crippen molar-refractivity contribution in [1.29, 1.82) is 0 Å². The van der Waals surface area contributed by atoms with E-state index in [2.05, 4.69) is 41.8 Å². The molecule has 0 bridgehead atoms. The number of aromatic nitrogens is 4. The van der Waals surface area contributed by atoms with Gasteiger partial charge >= 0.3 is 0 Å². The molecule has 1 aliphatic heterocycles. The zero-order valence-electron chi connectivity index (χ0n) is 14.7. The summed E-state index contributed by atoms with van der Waals surface area (Å²) >= 11 is 0. The number of rotatable bonds is 4. The molecule has 2 fully saturated rings. The lowest BCUT2D eigenvalue weighted by Crippen LogP contribution is -2.35. The fraction of sp³-hybridized carbons (Fsp3) is 0.421. The number of hydrogen-bond donors (Lipinski definition) is 2. The molecule has 3 N–H and O–H groups in total. The van der Waals surface area contributed by atoms with E-state index in [-0.39, 0.29) is 0 Å². The van der Waals surface area contributed by atoms with Crippen LogP contribution >= 0.6 is 0 Å². The summed E-state index contributed by atoms with van der Waals surface area (Å²) < 4.78 is 2.20. The van der Waals surface area contributed by atoms with Gasteiger partial charge in [-0.25, -0.2) is 4.98 Å². The van der Waals surface area contributed by atoms with E-state index < -0.39 is 0 Å². The van der Waals surface area contributed by atoms with Crippen molar-refractivity contribution < 1.29 is 0 Å². The fourth-order valence-corrected chi connectivity index (χ4v) is 3.81. The lowest BCUT2D eigenvalue weighted by Gasteiger charge is -2.33. The Labute approximate surface area is 152 Å². The third-order valence-electron chi connectivity index (χ3n) is 5.27. The molecule has 2 aliphatic rings. The van der Waals surface area contributed by atoms with Gasteiger partial charge in [-0.3, -0.25) is 0 Å². The van der Waals surface area contributed by atoms with Crippen LogP contribution in [0.15, 0.2) is 36.7 Å². The molecule has 134 valence electrons. The van der Waals surface area contributed by atoms with Gasteiger partial charge in [0.05, 0.1) is 0 Å². The van der Waals surface area contributed by atoms with Crippen LogP contribution in [0.3, 0.4) is 0 Å². The first-order valence-electron chi connectivity index (χ1n) is 9.34. The summed E-state index contributed by atoms with van der Waals surface area (Å²) in [6.45, 7) is 1.91. The third-order valence-corrected chi connectivity index (χ3v) is 5.27. The van der Waals surface area contributed by atoms with Crippen molar-refractivity contribution in [3.63, 3.8) is 0 Å². The van der Waals surface area contributed by atoms with E-state index in [1.165, 1.54) is 18.5 Å². The third kappa shape index (κ3) is 2.94. The van der Waals surface area contributed by atoms with Gasteiger partial charge in [0, 0.05) is 49.2 Å². The monoisotopic (exact) mass is 349 g/mol. The van der Waals surface area contributed by atoms with Gasteiger partial charge in [-0.15, -0.1) is 0 Å². The van der Waals surface area contributed by atoms with Crippen molar-refractivity contribution in [2.75, 3.05) is 29.0 Å². The smallest absolute Gasteiger partial charge is 0.223 e. The zero-order chi connectivity index (χ0) is 17.5. The number of nitrogens with two attached hydrogens (primary N) is 1. The van der Waals surface area contributed by atoms with Crippen LogP contribution in [0.4, 0.5) is 17.6 Å². The molecule has 1 aliphatic carbocycles. The number of piperidine rings is 1. The Balaban J connectivity index is 1.41. The molecule has 7 heteroatoms. The van der Waals surface area contributed by atoms with Crippen LogP contribution in [0.2, 0.25) is 0 Å². The predicted octanol–water partition coefficient (Wildman–Crippen LogP) is 2.66. The first kappa shape index (κ1) is 15.4. The van der Waals surface area contributed by atoms with Gasteiger partial charge in [-0.1, -0.05) is 6.07 Å². The maximum Gasteiger partial charge on any atom is 0.223 e. The lowest BCUT2D eigenvalue weighted by molar-refractivity contribution is 0.496. The number of nitrogens with one attached hydrogen (secondary N) is 1. The van der Waals surface area contributed by atoms with E-state index in [0.717, 1.165) is 43.2 Å². The fourth-order valence-electron chi connectivity index (χ4n) is 3.81. The minimum absolute atomic E-state index is 0.336. The number of nitrogens with zero attached hydrogens (tertiary/aromatic N) is 5. The summed E-state index contributed by atoms with van der Waals surface area (Å²) in [4.78, 5) is 15.7. The van der Waals surface area contributed by atoms with E-state index in [9.17, 15) is 0 Å². The number of hydrogen-bond acceptors (Lipinski definition) is 6. The highest BCUT2D eigenvalue weighted by atomic mass is 15.2. The Kier molecular flexibility index (Phi) is 3.65. The molecule has 26 heavy (non-hydrogen) atoms. The van der Waals surface area contributed by atoms with Gasteiger partial charge in [0.25, 0.3) is 0 Å². The van der Waals surface area contributed by atoms with Crippen LogP contribution in [-0.4, -0.2) is 38.5 Å². The number of pyridine rings is 1. The van der Waals surface area contributed by atoms with Gasteiger partial charge in [0.1, 0.15) is 17.3 Å². The second-order valence-electron chi connectivity index (χ2n) is 7.29. The second-order valence-corrected chi connectivity index (χ2v) is 7.29. The molecule has 7 nitrogen and oxygen atoms in total. The van der Waals surface area contributed by atoms with Crippen LogP contribution in [0.5, 0.6) is 0 Å². The topological polar surface area (TPSA) is 84.4 Å². The Morgan fingerprint density at radius 1 is 1.15 bits per heavy atom. The minimum Gasteiger partial charge on any atom is -0.368 e. The van der Waals surface area contributed by atoms with Crippen molar-refractivity contribution in [3.8, 4) is 0 Å². The lowest BCUT2D eigenvalue weighted by atomic mass is 9.95. The van der Waals surface area contributed by atoms with E-state index in [1.807, 2.05) is 24.4 Å². The summed E-state index contributed by atoms with van der Waals surface area (Å²) in [5, 5.41) is 3.43. The van der Waals surface area contributed by atoms with Gasteiger partial charge in [-0.05, 0) is 37.8 Å². The van der Waals surface area contributed by atoms with Gasteiger partial charge in [0.15, 0.2) is 0 Å². The molecule has 0 aromatic carbocycles. The first-order chi connectivity index (χ1) is 12.8. The van der Waals surface area contributed by atoms with Crippen LogP contribution in [0.25, 0.3) is 5.65 Å². The highest BCUT2D eigenvalue weighted by molar-refractivity contribution is 5.54. The molecule has 0 amide bonds. The molecule has 5 rings (SSSR count).